The summed E-state index contributed by atoms with van der Waals surface area (Å²) in [5.74, 6) is 0.886. The van der Waals surface area contributed by atoms with Crippen LogP contribution >= 0.6 is 0 Å². The first kappa shape index (κ1) is 8.24. The van der Waals surface area contributed by atoms with Crippen molar-refractivity contribution in [1.82, 2.24) is 0 Å². The van der Waals surface area contributed by atoms with Crippen molar-refractivity contribution in [3.05, 3.63) is 61.0 Å². The highest BCUT2D eigenvalue weighted by molar-refractivity contribution is 5.51. The standard InChI is InChI=1S/C13H10NO/c1-2-9-14-11(5-1)6-3-7-12(14)13-8-4-10-15-13/h1-10H/q+1. The largest absolute Gasteiger partial charge is 0.458 e. The molecule has 0 aliphatic heterocycles. The molecule has 0 saturated carbocycles. The van der Waals surface area contributed by atoms with Gasteiger partial charge < -0.3 is 4.42 Å². The molecule has 2 nitrogen and oxygen atoms in total. The molecule has 3 heterocycles. The third-order valence-electron chi connectivity index (χ3n) is 2.45. The molecule has 0 N–H and O–H groups in total. The number of furan rings is 1. The van der Waals surface area contributed by atoms with Crippen LogP contribution in [0.15, 0.2) is 65.4 Å². The maximum Gasteiger partial charge on any atom is 0.254 e. The highest BCUT2D eigenvalue weighted by Crippen LogP contribution is 2.15. The van der Waals surface area contributed by atoms with Crippen LogP contribution in [0.3, 0.4) is 0 Å². The van der Waals surface area contributed by atoms with Crippen LogP contribution in [0.25, 0.3) is 17.0 Å². The normalized spacial score (nSPS) is 10.7. The second-order valence-corrected chi connectivity index (χ2v) is 3.38. The quantitative estimate of drug-likeness (QED) is 0.547. The van der Waals surface area contributed by atoms with Crippen LogP contribution in [0.2, 0.25) is 0 Å². The molecule has 0 radical (unpaired) electrons. The average Bonchev–Trinajstić information content (AvgIpc) is 2.82. The van der Waals surface area contributed by atoms with E-state index in [4.69, 9.17) is 4.42 Å². The SMILES string of the molecule is c1coc(-c2cccc3cccc[n+]23)c1. The third kappa shape index (κ3) is 1.31. The predicted molar refractivity (Wildman–Crippen MR) is 57.3 cm³/mol. The van der Waals surface area contributed by atoms with Gasteiger partial charge in [0.25, 0.3) is 5.69 Å². The summed E-state index contributed by atoms with van der Waals surface area (Å²) < 4.78 is 7.52. The van der Waals surface area contributed by atoms with E-state index in [-0.39, 0.29) is 0 Å². The van der Waals surface area contributed by atoms with E-state index >= 15 is 0 Å². The number of fused-ring (bicyclic) bond motifs is 1. The van der Waals surface area contributed by atoms with Crippen molar-refractivity contribution < 1.29 is 8.82 Å². The number of hydrogen-bond acceptors (Lipinski definition) is 1. The van der Waals surface area contributed by atoms with E-state index in [1.807, 2.05) is 42.6 Å². The van der Waals surface area contributed by atoms with Crippen LogP contribution in [-0.2, 0) is 0 Å². The fraction of sp³-hybridized carbons (Fsp3) is 0. The predicted octanol–water partition coefficient (Wildman–Crippen LogP) is 2.69. The minimum atomic E-state index is 0.886. The summed E-state index contributed by atoms with van der Waals surface area (Å²) in [5, 5.41) is 0. The molecule has 0 spiro atoms. The number of rotatable bonds is 1. The van der Waals surface area contributed by atoms with E-state index in [0.29, 0.717) is 0 Å². The third-order valence-corrected chi connectivity index (χ3v) is 2.45. The monoisotopic (exact) mass is 196 g/mol. The van der Waals surface area contributed by atoms with Gasteiger partial charge in [0.2, 0.25) is 5.52 Å². The van der Waals surface area contributed by atoms with Crippen molar-refractivity contribution in [2.45, 2.75) is 0 Å². The lowest BCUT2D eigenvalue weighted by Crippen LogP contribution is -2.23. The molecule has 0 fully saturated rings. The Morgan fingerprint density at radius 1 is 0.867 bits per heavy atom. The maximum absolute atomic E-state index is 5.41. The Labute approximate surface area is 87.4 Å². The van der Waals surface area contributed by atoms with Crippen LogP contribution in [0, 0.1) is 0 Å². The zero-order chi connectivity index (χ0) is 10.1. The van der Waals surface area contributed by atoms with E-state index in [2.05, 4.69) is 16.5 Å². The first-order chi connectivity index (χ1) is 7.45. The Hall–Kier alpha value is -2.09. The van der Waals surface area contributed by atoms with Crippen LogP contribution in [0.4, 0.5) is 0 Å². The van der Waals surface area contributed by atoms with Gasteiger partial charge in [-0.2, -0.15) is 4.40 Å². The van der Waals surface area contributed by atoms with E-state index in [0.717, 1.165) is 17.0 Å². The topological polar surface area (TPSA) is 17.2 Å². The van der Waals surface area contributed by atoms with E-state index in [1.54, 1.807) is 6.26 Å². The Morgan fingerprint density at radius 2 is 1.80 bits per heavy atom. The molecular formula is C13H10NO+. The van der Waals surface area contributed by atoms with Gasteiger partial charge in [-0.3, -0.25) is 0 Å². The van der Waals surface area contributed by atoms with Gasteiger partial charge in [0.15, 0.2) is 12.0 Å². The Morgan fingerprint density at radius 3 is 2.67 bits per heavy atom. The minimum absolute atomic E-state index is 0.886. The highest BCUT2D eigenvalue weighted by atomic mass is 16.3. The summed E-state index contributed by atoms with van der Waals surface area (Å²) in [6.07, 6.45) is 3.73. The molecule has 0 saturated heterocycles. The number of hydrogen-bond donors (Lipinski definition) is 0. The van der Waals surface area contributed by atoms with Gasteiger partial charge in [-0.25, -0.2) is 0 Å². The van der Waals surface area contributed by atoms with Crippen molar-refractivity contribution >= 4 is 5.52 Å². The van der Waals surface area contributed by atoms with E-state index < -0.39 is 0 Å². The number of pyridine rings is 2. The zero-order valence-corrected chi connectivity index (χ0v) is 8.13. The van der Waals surface area contributed by atoms with Gasteiger partial charge in [0.1, 0.15) is 0 Å². The van der Waals surface area contributed by atoms with Gasteiger partial charge in [0, 0.05) is 24.3 Å². The molecular weight excluding hydrogens is 186 g/mol. The van der Waals surface area contributed by atoms with E-state index in [1.165, 1.54) is 0 Å². The molecule has 72 valence electrons. The molecule has 0 aliphatic rings. The first-order valence-corrected chi connectivity index (χ1v) is 4.88. The number of nitrogens with zero attached hydrogens (tertiary/aromatic N) is 1. The summed E-state index contributed by atoms with van der Waals surface area (Å²) in [4.78, 5) is 0. The fourth-order valence-corrected chi connectivity index (χ4v) is 1.75. The van der Waals surface area contributed by atoms with Gasteiger partial charge in [-0.05, 0) is 24.3 Å². The van der Waals surface area contributed by atoms with Crippen molar-refractivity contribution in [3.63, 3.8) is 0 Å². The molecule has 3 aromatic rings. The second-order valence-electron chi connectivity index (χ2n) is 3.38. The number of aromatic nitrogens is 1. The zero-order valence-electron chi connectivity index (χ0n) is 8.13. The molecule has 15 heavy (non-hydrogen) atoms. The Balaban J connectivity index is 2.36. The molecule has 0 amide bonds. The van der Waals surface area contributed by atoms with Crippen molar-refractivity contribution in [2.24, 2.45) is 0 Å². The van der Waals surface area contributed by atoms with Gasteiger partial charge in [-0.15, -0.1) is 0 Å². The summed E-state index contributed by atoms with van der Waals surface area (Å²) >= 11 is 0. The molecule has 3 aromatic heterocycles. The maximum atomic E-state index is 5.41. The molecule has 0 bridgehead atoms. The smallest absolute Gasteiger partial charge is 0.254 e. The average molecular weight is 196 g/mol. The van der Waals surface area contributed by atoms with Crippen molar-refractivity contribution in [2.75, 3.05) is 0 Å². The lowest BCUT2D eigenvalue weighted by Gasteiger charge is -1.95. The lowest BCUT2D eigenvalue weighted by molar-refractivity contribution is -0.500. The molecule has 0 aromatic carbocycles. The lowest BCUT2D eigenvalue weighted by atomic mass is 10.2. The summed E-state index contributed by atoms with van der Waals surface area (Å²) in [6.45, 7) is 0. The van der Waals surface area contributed by atoms with Crippen LogP contribution < -0.4 is 4.40 Å². The Bertz CT molecular complexity index is 579. The van der Waals surface area contributed by atoms with Crippen LogP contribution in [-0.4, -0.2) is 0 Å². The first-order valence-electron chi connectivity index (χ1n) is 4.88. The van der Waals surface area contributed by atoms with Gasteiger partial charge >= 0.3 is 0 Å². The summed E-state index contributed by atoms with van der Waals surface area (Å²) in [5.41, 5.74) is 2.23. The fourth-order valence-electron chi connectivity index (χ4n) is 1.75. The van der Waals surface area contributed by atoms with Gasteiger partial charge in [0.05, 0.1) is 6.26 Å². The minimum Gasteiger partial charge on any atom is -0.458 e. The van der Waals surface area contributed by atoms with Gasteiger partial charge in [-0.1, -0.05) is 0 Å². The van der Waals surface area contributed by atoms with Crippen molar-refractivity contribution in [3.8, 4) is 11.5 Å². The molecule has 0 aliphatic carbocycles. The molecule has 3 rings (SSSR count). The summed E-state index contributed by atoms with van der Waals surface area (Å²) in [6, 6.07) is 16.1. The molecule has 2 heteroatoms. The molecule has 0 unspecified atom stereocenters. The Kier molecular flexibility index (Phi) is 1.78. The second kappa shape index (κ2) is 3.24. The van der Waals surface area contributed by atoms with Crippen LogP contribution in [0.1, 0.15) is 0 Å². The summed E-state index contributed by atoms with van der Waals surface area (Å²) in [7, 11) is 0. The van der Waals surface area contributed by atoms with Crippen molar-refractivity contribution in [1.29, 1.82) is 0 Å². The van der Waals surface area contributed by atoms with Crippen LogP contribution in [0.5, 0.6) is 0 Å². The highest BCUT2D eigenvalue weighted by Gasteiger charge is 2.12. The molecule has 0 atom stereocenters. The van der Waals surface area contributed by atoms with E-state index in [9.17, 15) is 0 Å².